The van der Waals surface area contributed by atoms with E-state index in [4.69, 9.17) is 0 Å². The van der Waals surface area contributed by atoms with Crippen LogP contribution in [0.1, 0.15) is 30.0 Å². The van der Waals surface area contributed by atoms with Crippen molar-refractivity contribution in [1.29, 1.82) is 0 Å². The molecule has 0 spiro atoms. The maximum atomic E-state index is 11.9. The number of piperidine rings is 1. The molecule has 0 saturated carbocycles. The van der Waals surface area contributed by atoms with Gasteiger partial charge >= 0.3 is 0 Å². The highest BCUT2D eigenvalue weighted by Gasteiger charge is 2.17. The van der Waals surface area contributed by atoms with E-state index in [-0.39, 0.29) is 5.91 Å². The molecule has 15 heavy (non-hydrogen) atoms. The molecule has 1 aliphatic heterocycles. The molecular weight excluding hydrogens is 208 g/mol. The van der Waals surface area contributed by atoms with Crippen molar-refractivity contribution in [2.45, 2.75) is 32.6 Å². The number of amides is 1. The standard InChI is InChI=1S/C11H16N2OS/c1-9-12-10(8-15-9)7-11(14)13-5-3-2-4-6-13/h8H,2-7H2,1H3. The maximum Gasteiger partial charge on any atom is 0.228 e. The summed E-state index contributed by atoms with van der Waals surface area (Å²) in [5.74, 6) is 0.236. The van der Waals surface area contributed by atoms with Crippen molar-refractivity contribution in [3.8, 4) is 0 Å². The van der Waals surface area contributed by atoms with Crippen molar-refractivity contribution in [3.05, 3.63) is 16.1 Å². The molecule has 1 saturated heterocycles. The molecule has 0 unspecified atom stereocenters. The first-order chi connectivity index (χ1) is 7.25. The lowest BCUT2D eigenvalue weighted by Gasteiger charge is -2.26. The van der Waals surface area contributed by atoms with Gasteiger partial charge in [0.1, 0.15) is 0 Å². The van der Waals surface area contributed by atoms with E-state index in [1.165, 1.54) is 6.42 Å². The molecule has 1 aliphatic rings. The van der Waals surface area contributed by atoms with Gasteiger partial charge in [-0.3, -0.25) is 4.79 Å². The van der Waals surface area contributed by atoms with E-state index in [0.29, 0.717) is 6.42 Å². The number of rotatable bonds is 2. The van der Waals surface area contributed by atoms with Crippen molar-refractivity contribution in [2.75, 3.05) is 13.1 Å². The lowest BCUT2D eigenvalue weighted by Crippen LogP contribution is -2.36. The molecule has 4 heteroatoms. The Bertz CT molecular complexity index is 342. The van der Waals surface area contributed by atoms with Crippen molar-refractivity contribution in [2.24, 2.45) is 0 Å². The second-order valence-corrected chi connectivity index (χ2v) is 5.04. The van der Waals surface area contributed by atoms with Gasteiger partial charge in [0.25, 0.3) is 0 Å². The average Bonchev–Trinajstić information content (AvgIpc) is 2.65. The molecule has 1 fully saturated rings. The Labute approximate surface area is 94.1 Å². The van der Waals surface area contributed by atoms with E-state index in [2.05, 4.69) is 4.98 Å². The summed E-state index contributed by atoms with van der Waals surface area (Å²) in [7, 11) is 0. The lowest BCUT2D eigenvalue weighted by molar-refractivity contribution is -0.131. The van der Waals surface area contributed by atoms with Gasteiger partial charge in [-0.15, -0.1) is 11.3 Å². The van der Waals surface area contributed by atoms with Gasteiger partial charge < -0.3 is 4.90 Å². The predicted molar refractivity (Wildman–Crippen MR) is 61.0 cm³/mol. The summed E-state index contributed by atoms with van der Waals surface area (Å²) >= 11 is 1.61. The molecule has 0 atom stereocenters. The van der Waals surface area contributed by atoms with E-state index in [1.54, 1.807) is 11.3 Å². The highest BCUT2D eigenvalue weighted by Crippen LogP contribution is 2.13. The quantitative estimate of drug-likeness (QED) is 0.770. The van der Waals surface area contributed by atoms with Crippen molar-refractivity contribution in [3.63, 3.8) is 0 Å². The number of nitrogens with zero attached hydrogens (tertiary/aromatic N) is 2. The minimum atomic E-state index is 0.236. The zero-order chi connectivity index (χ0) is 10.7. The number of thiazole rings is 1. The molecular formula is C11H16N2OS. The molecule has 0 bridgehead atoms. The molecule has 1 aromatic heterocycles. The van der Waals surface area contributed by atoms with Gasteiger partial charge in [-0.05, 0) is 26.2 Å². The van der Waals surface area contributed by atoms with Crippen LogP contribution in [0.2, 0.25) is 0 Å². The number of carbonyl (C=O) groups is 1. The van der Waals surface area contributed by atoms with Crippen LogP contribution in [0.25, 0.3) is 0 Å². The van der Waals surface area contributed by atoms with Crippen molar-refractivity contribution >= 4 is 17.2 Å². The first-order valence-corrected chi connectivity index (χ1v) is 6.32. The first kappa shape index (κ1) is 10.6. The Morgan fingerprint density at radius 3 is 2.80 bits per heavy atom. The summed E-state index contributed by atoms with van der Waals surface area (Å²) in [5.41, 5.74) is 0.924. The van der Waals surface area contributed by atoms with Crippen LogP contribution in [0.5, 0.6) is 0 Å². The normalized spacial score (nSPS) is 16.7. The number of hydrogen-bond donors (Lipinski definition) is 0. The largest absolute Gasteiger partial charge is 0.342 e. The summed E-state index contributed by atoms with van der Waals surface area (Å²) in [4.78, 5) is 18.2. The second kappa shape index (κ2) is 4.75. The minimum absolute atomic E-state index is 0.236. The van der Waals surface area contributed by atoms with Gasteiger partial charge in [-0.1, -0.05) is 0 Å². The van der Waals surface area contributed by atoms with Crippen LogP contribution in [0.4, 0.5) is 0 Å². The Morgan fingerprint density at radius 1 is 1.47 bits per heavy atom. The summed E-state index contributed by atoms with van der Waals surface area (Å²) in [6.45, 7) is 3.84. The fourth-order valence-electron chi connectivity index (χ4n) is 1.90. The van der Waals surface area contributed by atoms with E-state index in [0.717, 1.165) is 36.6 Å². The average molecular weight is 224 g/mol. The number of hydrogen-bond acceptors (Lipinski definition) is 3. The summed E-state index contributed by atoms with van der Waals surface area (Å²) in [6.07, 6.45) is 4.05. The van der Waals surface area contributed by atoms with Crippen LogP contribution >= 0.6 is 11.3 Å². The number of carbonyl (C=O) groups excluding carboxylic acids is 1. The monoisotopic (exact) mass is 224 g/mol. The summed E-state index contributed by atoms with van der Waals surface area (Å²) in [5, 5.41) is 3.02. The van der Waals surface area contributed by atoms with Crippen LogP contribution in [0.3, 0.4) is 0 Å². The minimum Gasteiger partial charge on any atom is -0.342 e. The van der Waals surface area contributed by atoms with Crippen LogP contribution < -0.4 is 0 Å². The predicted octanol–water partition coefficient (Wildman–Crippen LogP) is 2.01. The van der Waals surface area contributed by atoms with E-state index in [9.17, 15) is 4.79 Å². The third-order valence-electron chi connectivity index (χ3n) is 2.71. The number of aryl methyl sites for hydroxylation is 1. The van der Waals surface area contributed by atoms with E-state index >= 15 is 0 Å². The second-order valence-electron chi connectivity index (χ2n) is 3.98. The molecule has 82 valence electrons. The molecule has 0 radical (unpaired) electrons. The van der Waals surface area contributed by atoms with Crippen LogP contribution in [-0.4, -0.2) is 28.9 Å². The fourth-order valence-corrected chi connectivity index (χ4v) is 2.51. The molecule has 0 aromatic carbocycles. The highest BCUT2D eigenvalue weighted by molar-refractivity contribution is 7.09. The number of aromatic nitrogens is 1. The van der Waals surface area contributed by atoms with Gasteiger partial charge in [0, 0.05) is 18.5 Å². The first-order valence-electron chi connectivity index (χ1n) is 5.44. The maximum absolute atomic E-state index is 11.9. The Balaban J connectivity index is 1.91. The van der Waals surface area contributed by atoms with Crippen molar-refractivity contribution in [1.82, 2.24) is 9.88 Å². The van der Waals surface area contributed by atoms with Crippen LogP contribution in [-0.2, 0) is 11.2 Å². The molecule has 0 aliphatic carbocycles. The zero-order valence-corrected chi connectivity index (χ0v) is 9.85. The highest BCUT2D eigenvalue weighted by atomic mass is 32.1. The molecule has 2 rings (SSSR count). The molecule has 3 nitrogen and oxygen atoms in total. The van der Waals surface area contributed by atoms with E-state index < -0.39 is 0 Å². The Kier molecular flexibility index (Phi) is 3.36. The molecule has 2 heterocycles. The van der Waals surface area contributed by atoms with Crippen LogP contribution in [0, 0.1) is 6.92 Å². The Morgan fingerprint density at radius 2 is 2.20 bits per heavy atom. The Hall–Kier alpha value is -0.900. The fraction of sp³-hybridized carbons (Fsp3) is 0.636. The van der Waals surface area contributed by atoms with Gasteiger partial charge in [0.05, 0.1) is 17.1 Å². The van der Waals surface area contributed by atoms with Gasteiger partial charge in [-0.2, -0.15) is 0 Å². The lowest BCUT2D eigenvalue weighted by atomic mass is 10.1. The van der Waals surface area contributed by atoms with Gasteiger partial charge in [0.2, 0.25) is 5.91 Å². The van der Waals surface area contributed by atoms with Gasteiger partial charge in [0.15, 0.2) is 0 Å². The smallest absolute Gasteiger partial charge is 0.228 e. The molecule has 1 amide bonds. The van der Waals surface area contributed by atoms with Crippen LogP contribution in [0.15, 0.2) is 5.38 Å². The SMILES string of the molecule is Cc1nc(CC(=O)N2CCCCC2)cs1. The van der Waals surface area contributed by atoms with Gasteiger partial charge in [-0.25, -0.2) is 4.98 Å². The third kappa shape index (κ3) is 2.78. The summed E-state index contributed by atoms with van der Waals surface area (Å²) < 4.78 is 0. The van der Waals surface area contributed by atoms with Crippen molar-refractivity contribution < 1.29 is 4.79 Å². The third-order valence-corrected chi connectivity index (χ3v) is 3.53. The number of likely N-dealkylation sites (tertiary alicyclic amines) is 1. The van der Waals surface area contributed by atoms with E-state index in [1.807, 2.05) is 17.2 Å². The molecule has 1 aromatic rings. The topological polar surface area (TPSA) is 33.2 Å². The summed E-state index contributed by atoms with van der Waals surface area (Å²) in [6, 6.07) is 0. The molecule has 0 N–H and O–H groups in total. The zero-order valence-electron chi connectivity index (χ0n) is 9.03.